The van der Waals surface area contributed by atoms with E-state index >= 15 is 0 Å². The maximum absolute atomic E-state index is 12.9. The van der Waals surface area contributed by atoms with Crippen molar-refractivity contribution in [1.29, 1.82) is 0 Å². The van der Waals surface area contributed by atoms with Crippen LogP contribution in [0.1, 0.15) is 13.3 Å². The number of fused-ring (bicyclic) bond motifs is 2. The van der Waals surface area contributed by atoms with E-state index < -0.39 is 7.82 Å². The highest BCUT2D eigenvalue weighted by atomic mass is 35.5. The van der Waals surface area contributed by atoms with Crippen LogP contribution >= 0.6 is 42.8 Å². The zero-order valence-electron chi connectivity index (χ0n) is 12.1. The second-order valence-corrected chi connectivity index (χ2v) is 8.22. The standard InChI is InChI=1S/C15H13Cl2O4PS/c1-2-7-19-22(18)20-12-5-3-10(16)8-14(12)23-15-9-11(17)4-6-13(15)21-22/h3-6,8-9H,2,7H2,1H3. The summed E-state index contributed by atoms with van der Waals surface area (Å²) < 4.78 is 29.4. The fourth-order valence-corrected chi connectivity index (χ4v) is 4.88. The Morgan fingerprint density at radius 2 is 1.57 bits per heavy atom. The number of hydrogen-bond acceptors (Lipinski definition) is 5. The molecule has 0 fully saturated rings. The minimum atomic E-state index is -3.80. The van der Waals surface area contributed by atoms with Crippen LogP contribution in [0.25, 0.3) is 0 Å². The molecule has 0 amide bonds. The fraction of sp³-hybridized carbons (Fsp3) is 0.200. The van der Waals surface area contributed by atoms with E-state index in [0.29, 0.717) is 37.8 Å². The maximum Gasteiger partial charge on any atom is 0.587 e. The first-order valence-corrected chi connectivity index (χ1v) is 9.93. The molecule has 1 heterocycles. The third kappa shape index (κ3) is 3.98. The van der Waals surface area contributed by atoms with Gasteiger partial charge in [-0.3, -0.25) is 4.52 Å². The molecule has 4 nitrogen and oxygen atoms in total. The summed E-state index contributed by atoms with van der Waals surface area (Å²) in [4.78, 5) is 1.43. The summed E-state index contributed by atoms with van der Waals surface area (Å²) >= 11 is 13.5. The van der Waals surface area contributed by atoms with E-state index in [1.54, 1.807) is 36.4 Å². The average Bonchev–Trinajstić information content (AvgIpc) is 2.50. The van der Waals surface area contributed by atoms with Crippen molar-refractivity contribution in [1.82, 2.24) is 0 Å². The second kappa shape index (κ2) is 6.96. The van der Waals surface area contributed by atoms with Crippen molar-refractivity contribution < 1.29 is 18.1 Å². The highest BCUT2D eigenvalue weighted by Crippen LogP contribution is 2.56. The van der Waals surface area contributed by atoms with Crippen molar-refractivity contribution in [3.8, 4) is 11.5 Å². The molecule has 1 aliphatic heterocycles. The first kappa shape index (κ1) is 17.0. The maximum atomic E-state index is 12.9. The molecule has 0 unspecified atom stereocenters. The second-order valence-electron chi connectivity index (χ2n) is 4.75. The number of phosphoric acid groups is 1. The molecule has 2 aromatic carbocycles. The topological polar surface area (TPSA) is 44.8 Å². The summed E-state index contributed by atoms with van der Waals surface area (Å²) in [5.74, 6) is 0.786. The molecule has 0 saturated carbocycles. The molecule has 8 heteroatoms. The van der Waals surface area contributed by atoms with Gasteiger partial charge in [-0.25, -0.2) is 4.57 Å². The summed E-state index contributed by atoms with van der Waals surface area (Å²) in [7, 11) is -3.80. The SMILES string of the molecule is CCCOP1(=O)Oc2ccc(Cl)cc2Sc2cc(Cl)ccc2O1. The van der Waals surface area contributed by atoms with Gasteiger partial charge in [-0.05, 0) is 42.8 Å². The third-order valence-electron chi connectivity index (χ3n) is 2.91. The van der Waals surface area contributed by atoms with Crippen LogP contribution in [0.4, 0.5) is 0 Å². The van der Waals surface area contributed by atoms with Crippen molar-refractivity contribution in [2.45, 2.75) is 23.1 Å². The Morgan fingerprint density at radius 3 is 2.04 bits per heavy atom. The average molecular weight is 391 g/mol. The smallest absolute Gasteiger partial charge is 0.394 e. The monoisotopic (exact) mass is 390 g/mol. The van der Waals surface area contributed by atoms with Crippen LogP contribution in [-0.4, -0.2) is 6.61 Å². The lowest BCUT2D eigenvalue weighted by molar-refractivity contribution is 0.207. The summed E-state index contributed by atoms with van der Waals surface area (Å²) in [5.41, 5.74) is 0. The van der Waals surface area contributed by atoms with E-state index in [4.69, 9.17) is 36.8 Å². The minimum Gasteiger partial charge on any atom is -0.394 e. The predicted molar refractivity (Wildman–Crippen MR) is 92.1 cm³/mol. The first-order chi connectivity index (χ1) is 11.0. The summed E-state index contributed by atoms with van der Waals surface area (Å²) in [6.07, 6.45) is 0.687. The van der Waals surface area contributed by atoms with Gasteiger partial charge in [-0.15, -0.1) is 0 Å². The van der Waals surface area contributed by atoms with E-state index in [0.717, 1.165) is 0 Å². The Balaban J connectivity index is 2.10. The molecule has 0 N–H and O–H groups in total. The fourth-order valence-electron chi connectivity index (χ4n) is 1.91. The van der Waals surface area contributed by atoms with E-state index in [1.807, 2.05) is 6.92 Å². The van der Waals surface area contributed by atoms with Gasteiger partial charge in [0.25, 0.3) is 0 Å². The summed E-state index contributed by atoms with van der Waals surface area (Å²) in [6.45, 7) is 2.17. The zero-order chi connectivity index (χ0) is 16.4. The Hall–Kier alpha value is -0.840. The quantitative estimate of drug-likeness (QED) is 0.563. The van der Waals surface area contributed by atoms with Crippen molar-refractivity contribution in [3.63, 3.8) is 0 Å². The molecule has 1 aliphatic rings. The van der Waals surface area contributed by atoms with Gasteiger partial charge in [0.15, 0.2) is 0 Å². The van der Waals surface area contributed by atoms with Gasteiger partial charge in [0, 0.05) is 10.0 Å². The van der Waals surface area contributed by atoms with Crippen LogP contribution in [0.3, 0.4) is 0 Å². The van der Waals surface area contributed by atoms with Crippen LogP contribution < -0.4 is 9.05 Å². The summed E-state index contributed by atoms with van der Waals surface area (Å²) in [6, 6.07) is 10.1. The van der Waals surface area contributed by atoms with E-state index in [9.17, 15) is 4.57 Å². The summed E-state index contributed by atoms with van der Waals surface area (Å²) in [5, 5.41) is 1.10. The van der Waals surface area contributed by atoms with E-state index in [-0.39, 0.29) is 6.61 Å². The van der Waals surface area contributed by atoms with Gasteiger partial charge < -0.3 is 9.05 Å². The zero-order valence-corrected chi connectivity index (χ0v) is 15.3. The van der Waals surface area contributed by atoms with Crippen molar-refractivity contribution >= 4 is 42.8 Å². The van der Waals surface area contributed by atoms with Crippen LogP contribution in [0, 0.1) is 0 Å². The van der Waals surface area contributed by atoms with Gasteiger partial charge in [-0.1, -0.05) is 41.9 Å². The van der Waals surface area contributed by atoms with Crippen LogP contribution in [0.15, 0.2) is 46.2 Å². The van der Waals surface area contributed by atoms with E-state index in [2.05, 4.69) is 0 Å². The Bertz CT molecular complexity index is 727. The number of phosphoric ester groups is 1. The highest BCUT2D eigenvalue weighted by molar-refractivity contribution is 7.99. The largest absolute Gasteiger partial charge is 0.587 e. The van der Waals surface area contributed by atoms with Gasteiger partial charge >= 0.3 is 7.82 Å². The highest BCUT2D eigenvalue weighted by Gasteiger charge is 2.34. The first-order valence-electron chi connectivity index (χ1n) is 6.90. The molecule has 0 aliphatic carbocycles. The van der Waals surface area contributed by atoms with Crippen LogP contribution in [0.5, 0.6) is 11.5 Å². The van der Waals surface area contributed by atoms with Gasteiger partial charge in [-0.2, -0.15) is 0 Å². The molecule has 0 atom stereocenters. The molecule has 3 rings (SSSR count). The van der Waals surface area contributed by atoms with Gasteiger partial charge in [0.05, 0.1) is 16.4 Å². The van der Waals surface area contributed by atoms with E-state index in [1.165, 1.54) is 11.8 Å². The third-order valence-corrected chi connectivity index (χ3v) is 5.79. The number of hydrogen-bond donors (Lipinski definition) is 0. The molecule has 23 heavy (non-hydrogen) atoms. The lowest BCUT2D eigenvalue weighted by Crippen LogP contribution is -2.08. The normalized spacial score (nSPS) is 15.4. The number of benzene rings is 2. The molecular formula is C15H13Cl2O4PS. The number of halogens is 2. The van der Waals surface area contributed by atoms with Gasteiger partial charge in [0.1, 0.15) is 11.5 Å². The molecule has 0 aromatic heterocycles. The molecule has 0 radical (unpaired) electrons. The van der Waals surface area contributed by atoms with Crippen molar-refractivity contribution in [3.05, 3.63) is 46.4 Å². The molecule has 0 bridgehead atoms. The lowest BCUT2D eigenvalue weighted by Gasteiger charge is -2.24. The molecule has 2 aromatic rings. The number of rotatable bonds is 3. The van der Waals surface area contributed by atoms with Crippen LogP contribution in [-0.2, 0) is 9.09 Å². The van der Waals surface area contributed by atoms with Crippen molar-refractivity contribution in [2.75, 3.05) is 6.61 Å². The lowest BCUT2D eigenvalue weighted by atomic mass is 10.3. The Morgan fingerprint density at radius 1 is 1.04 bits per heavy atom. The molecule has 0 spiro atoms. The predicted octanol–water partition coefficient (Wildman–Crippen LogP) is 6.45. The Labute approximate surface area is 148 Å². The Kier molecular flexibility index (Phi) is 5.14. The minimum absolute atomic E-state index is 0.260. The molecular weight excluding hydrogens is 378 g/mol. The van der Waals surface area contributed by atoms with Crippen LogP contribution in [0.2, 0.25) is 10.0 Å². The van der Waals surface area contributed by atoms with Gasteiger partial charge in [0.2, 0.25) is 0 Å². The van der Waals surface area contributed by atoms with Crippen molar-refractivity contribution in [2.24, 2.45) is 0 Å². The molecule has 0 saturated heterocycles. The molecule has 122 valence electrons.